The SMILES string of the molecule is CCC1(CC)NC(=O)C(C)(C2CC2)NC1=O. The van der Waals surface area contributed by atoms with Gasteiger partial charge in [0.25, 0.3) is 0 Å². The first-order valence-corrected chi connectivity index (χ1v) is 6.13. The zero-order valence-electron chi connectivity index (χ0n) is 10.2. The van der Waals surface area contributed by atoms with Gasteiger partial charge in [0.15, 0.2) is 0 Å². The molecular weight excluding hydrogens is 204 g/mol. The highest BCUT2D eigenvalue weighted by atomic mass is 16.2. The van der Waals surface area contributed by atoms with E-state index in [4.69, 9.17) is 0 Å². The molecule has 0 radical (unpaired) electrons. The van der Waals surface area contributed by atoms with Crippen LogP contribution in [-0.4, -0.2) is 22.9 Å². The molecule has 1 saturated carbocycles. The Hall–Kier alpha value is -1.06. The quantitative estimate of drug-likeness (QED) is 0.750. The number of carbonyl (C=O) groups is 2. The Morgan fingerprint density at radius 3 is 2.12 bits per heavy atom. The van der Waals surface area contributed by atoms with Gasteiger partial charge >= 0.3 is 0 Å². The van der Waals surface area contributed by atoms with Crippen molar-refractivity contribution in [2.75, 3.05) is 0 Å². The number of piperazine rings is 1. The van der Waals surface area contributed by atoms with E-state index in [1.807, 2.05) is 20.8 Å². The minimum atomic E-state index is -0.689. The van der Waals surface area contributed by atoms with Crippen molar-refractivity contribution in [1.82, 2.24) is 10.6 Å². The Bertz CT molecular complexity index is 316. The zero-order chi connectivity index (χ0) is 12.0. The van der Waals surface area contributed by atoms with Crippen LogP contribution in [-0.2, 0) is 9.59 Å². The maximum Gasteiger partial charge on any atom is 0.246 e. The van der Waals surface area contributed by atoms with Crippen molar-refractivity contribution in [3.05, 3.63) is 0 Å². The lowest BCUT2D eigenvalue weighted by atomic mass is 9.82. The van der Waals surface area contributed by atoms with Crippen molar-refractivity contribution in [3.63, 3.8) is 0 Å². The Balaban J connectivity index is 2.24. The second-order valence-corrected chi connectivity index (χ2v) is 5.17. The summed E-state index contributed by atoms with van der Waals surface area (Å²) in [6, 6.07) is 0. The molecule has 4 nitrogen and oxygen atoms in total. The molecule has 0 spiro atoms. The first kappa shape index (κ1) is 11.4. The van der Waals surface area contributed by atoms with Crippen LogP contribution in [0.1, 0.15) is 46.5 Å². The molecule has 0 bridgehead atoms. The van der Waals surface area contributed by atoms with Crippen molar-refractivity contribution in [2.45, 2.75) is 57.5 Å². The monoisotopic (exact) mass is 224 g/mol. The van der Waals surface area contributed by atoms with Gasteiger partial charge in [0, 0.05) is 0 Å². The van der Waals surface area contributed by atoms with Crippen LogP contribution < -0.4 is 10.6 Å². The van der Waals surface area contributed by atoms with Crippen LogP contribution in [0.15, 0.2) is 0 Å². The highest BCUT2D eigenvalue weighted by Crippen LogP contribution is 2.41. The molecule has 2 rings (SSSR count). The summed E-state index contributed by atoms with van der Waals surface area (Å²) in [7, 11) is 0. The average molecular weight is 224 g/mol. The van der Waals surface area contributed by atoms with Crippen LogP contribution >= 0.6 is 0 Å². The molecule has 2 fully saturated rings. The molecule has 1 atom stereocenters. The third-order valence-electron chi connectivity index (χ3n) is 4.23. The normalized spacial score (nSPS) is 33.2. The summed E-state index contributed by atoms with van der Waals surface area (Å²) in [5, 5.41) is 5.89. The van der Waals surface area contributed by atoms with Gasteiger partial charge < -0.3 is 10.6 Å². The summed E-state index contributed by atoms with van der Waals surface area (Å²) in [5.41, 5.74) is -1.36. The smallest absolute Gasteiger partial charge is 0.246 e. The molecule has 4 heteroatoms. The number of carbonyl (C=O) groups excluding carboxylic acids is 2. The average Bonchev–Trinajstić information content (AvgIpc) is 3.07. The lowest BCUT2D eigenvalue weighted by Crippen LogP contribution is -2.74. The van der Waals surface area contributed by atoms with Gasteiger partial charge in [-0.2, -0.15) is 0 Å². The Labute approximate surface area is 96.2 Å². The van der Waals surface area contributed by atoms with E-state index in [2.05, 4.69) is 10.6 Å². The van der Waals surface area contributed by atoms with Gasteiger partial charge in [-0.1, -0.05) is 13.8 Å². The summed E-state index contributed by atoms with van der Waals surface area (Å²) in [5.74, 6) is 0.285. The van der Waals surface area contributed by atoms with E-state index in [1.165, 1.54) is 0 Å². The molecule has 0 aromatic carbocycles. The maximum atomic E-state index is 12.2. The first-order valence-electron chi connectivity index (χ1n) is 6.13. The predicted octanol–water partition coefficient (Wildman–Crippen LogP) is 0.960. The summed E-state index contributed by atoms with van der Waals surface area (Å²) >= 11 is 0. The van der Waals surface area contributed by atoms with Gasteiger partial charge in [0.2, 0.25) is 11.8 Å². The number of rotatable bonds is 3. The topological polar surface area (TPSA) is 58.2 Å². The summed E-state index contributed by atoms with van der Waals surface area (Å²) in [4.78, 5) is 24.3. The third-order valence-corrected chi connectivity index (χ3v) is 4.23. The molecule has 0 aromatic heterocycles. The summed E-state index contributed by atoms with van der Waals surface area (Å²) in [6.07, 6.45) is 3.36. The van der Waals surface area contributed by atoms with E-state index in [1.54, 1.807) is 0 Å². The van der Waals surface area contributed by atoms with Crippen molar-refractivity contribution in [1.29, 1.82) is 0 Å². The lowest BCUT2D eigenvalue weighted by molar-refractivity contribution is -0.147. The zero-order valence-corrected chi connectivity index (χ0v) is 10.2. The van der Waals surface area contributed by atoms with E-state index in [0.717, 1.165) is 12.8 Å². The van der Waals surface area contributed by atoms with E-state index >= 15 is 0 Å². The van der Waals surface area contributed by atoms with Gasteiger partial charge in [-0.3, -0.25) is 9.59 Å². The van der Waals surface area contributed by atoms with E-state index < -0.39 is 11.1 Å². The van der Waals surface area contributed by atoms with Crippen LogP contribution in [0.5, 0.6) is 0 Å². The standard InChI is InChI=1S/C12H20N2O2/c1-4-12(5-2)10(16)13-11(3,8-6-7-8)9(15)14-12/h8H,4-7H2,1-3H3,(H,13,16)(H,14,15). The fourth-order valence-corrected chi connectivity index (χ4v) is 2.51. The second-order valence-electron chi connectivity index (χ2n) is 5.17. The van der Waals surface area contributed by atoms with Crippen molar-refractivity contribution >= 4 is 11.8 Å². The molecule has 90 valence electrons. The maximum absolute atomic E-state index is 12.2. The third kappa shape index (κ3) is 1.43. The molecule has 2 amide bonds. The fraction of sp³-hybridized carbons (Fsp3) is 0.833. The van der Waals surface area contributed by atoms with Crippen LogP contribution in [0, 0.1) is 5.92 Å². The van der Waals surface area contributed by atoms with Crippen LogP contribution in [0.25, 0.3) is 0 Å². The number of nitrogens with one attached hydrogen (secondary N) is 2. The minimum absolute atomic E-state index is 0.0155. The van der Waals surface area contributed by atoms with E-state index in [-0.39, 0.29) is 11.8 Å². The van der Waals surface area contributed by atoms with Gasteiger partial charge in [0.1, 0.15) is 11.1 Å². The van der Waals surface area contributed by atoms with Gasteiger partial charge in [-0.15, -0.1) is 0 Å². The van der Waals surface area contributed by atoms with Crippen molar-refractivity contribution in [3.8, 4) is 0 Å². The number of hydrogen-bond acceptors (Lipinski definition) is 2. The van der Waals surface area contributed by atoms with Crippen LogP contribution in [0.3, 0.4) is 0 Å². The minimum Gasteiger partial charge on any atom is -0.340 e. The number of hydrogen-bond donors (Lipinski definition) is 2. The lowest BCUT2D eigenvalue weighted by Gasteiger charge is -2.44. The molecule has 0 aromatic rings. The van der Waals surface area contributed by atoms with Crippen LogP contribution in [0.2, 0.25) is 0 Å². The molecule has 1 aliphatic carbocycles. The molecule has 2 N–H and O–H groups in total. The van der Waals surface area contributed by atoms with E-state index in [9.17, 15) is 9.59 Å². The Kier molecular flexibility index (Phi) is 2.48. The Morgan fingerprint density at radius 1 is 1.12 bits per heavy atom. The van der Waals surface area contributed by atoms with Crippen molar-refractivity contribution < 1.29 is 9.59 Å². The predicted molar refractivity (Wildman–Crippen MR) is 60.7 cm³/mol. The highest BCUT2D eigenvalue weighted by molar-refractivity contribution is 6.02. The van der Waals surface area contributed by atoms with Gasteiger partial charge in [-0.25, -0.2) is 0 Å². The molecule has 1 heterocycles. The summed E-state index contributed by atoms with van der Waals surface area (Å²) < 4.78 is 0. The second kappa shape index (κ2) is 3.47. The molecule has 16 heavy (non-hydrogen) atoms. The number of amides is 2. The Morgan fingerprint density at radius 2 is 1.69 bits per heavy atom. The highest BCUT2D eigenvalue weighted by Gasteiger charge is 2.55. The molecule has 1 saturated heterocycles. The molecule has 1 aliphatic heterocycles. The molecule has 2 aliphatic rings. The van der Waals surface area contributed by atoms with E-state index in [0.29, 0.717) is 18.8 Å². The first-order chi connectivity index (χ1) is 7.48. The largest absolute Gasteiger partial charge is 0.340 e. The van der Waals surface area contributed by atoms with Gasteiger partial charge in [0.05, 0.1) is 0 Å². The van der Waals surface area contributed by atoms with Gasteiger partial charge in [-0.05, 0) is 38.5 Å². The molecular formula is C12H20N2O2. The van der Waals surface area contributed by atoms with Crippen LogP contribution in [0.4, 0.5) is 0 Å². The van der Waals surface area contributed by atoms with Crippen molar-refractivity contribution in [2.24, 2.45) is 5.92 Å². The fourth-order valence-electron chi connectivity index (χ4n) is 2.51. The molecule has 1 unspecified atom stereocenters. The summed E-state index contributed by atoms with van der Waals surface area (Å²) in [6.45, 7) is 5.71.